The molecular weight excluding hydrogens is 392 g/mol. The van der Waals surface area contributed by atoms with Crippen molar-refractivity contribution in [2.45, 2.75) is 0 Å². The molecule has 1 aromatic heterocycles. The van der Waals surface area contributed by atoms with Crippen molar-refractivity contribution in [3.05, 3.63) is 89.2 Å². The zero-order chi connectivity index (χ0) is 20.5. The van der Waals surface area contributed by atoms with Crippen molar-refractivity contribution in [3.8, 4) is 5.75 Å². The highest BCUT2D eigenvalue weighted by Crippen LogP contribution is 2.20. The van der Waals surface area contributed by atoms with Crippen LogP contribution in [0.15, 0.2) is 78.2 Å². The van der Waals surface area contributed by atoms with Crippen LogP contribution in [0.5, 0.6) is 5.75 Å². The van der Waals surface area contributed by atoms with Gasteiger partial charge in [-0.3, -0.25) is 14.6 Å². The summed E-state index contributed by atoms with van der Waals surface area (Å²) in [5.41, 5.74) is 4.19. The quantitative estimate of drug-likeness (QED) is 0.462. The molecule has 0 aliphatic carbocycles. The van der Waals surface area contributed by atoms with E-state index in [0.29, 0.717) is 22.0 Å². The lowest BCUT2D eigenvalue weighted by Crippen LogP contribution is -2.20. The largest absolute Gasteiger partial charge is 0.484 e. The normalized spacial score (nSPS) is 10.5. The Balaban J connectivity index is 1.46. The number of carbonyl (C=O) groups is 2. The van der Waals surface area contributed by atoms with Crippen molar-refractivity contribution in [2.24, 2.45) is 5.10 Å². The summed E-state index contributed by atoms with van der Waals surface area (Å²) >= 11 is 6.00. The first kappa shape index (κ1) is 20.0. The molecule has 0 fully saturated rings. The number of amides is 2. The van der Waals surface area contributed by atoms with Crippen LogP contribution in [-0.2, 0) is 4.79 Å². The van der Waals surface area contributed by atoms with E-state index in [4.69, 9.17) is 16.3 Å². The zero-order valence-electron chi connectivity index (χ0n) is 15.2. The van der Waals surface area contributed by atoms with Crippen LogP contribution in [0.4, 0.5) is 5.69 Å². The van der Waals surface area contributed by atoms with Gasteiger partial charge in [0, 0.05) is 18.0 Å². The van der Waals surface area contributed by atoms with Crippen LogP contribution in [0.1, 0.15) is 15.9 Å². The molecule has 0 radical (unpaired) electrons. The van der Waals surface area contributed by atoms with E-state index < -0.39 is 0 Å². The molecule has 2 N–H and O–H groups in total. The van der Waals surface area contributed by atoms with Gasteiger partial charge in [0.25, 0.3) is 11.8 Å². The standard InChI is InChI=1S/C21H17ClN4O3/c22-18-3-1-2-4-19(18)25-20(27)14-29-17-7-5-15(6-8-17)13-24-26-21(28)16-9-11-23-12-10-16/h1-13H,14H2,(H,25,27)(H,26,28)/b24-13-. The number of rotatable bonds is 7. The first-order valence-electron chi connectivity index (χ1n) is 8.62. The van der Waals surface area contributed by atoms with Crippen molar-refractivity contribution in [2.75, 3.05) is 11.9 Å². The number of aromatic nitrogens is 1. The van der Waals surface area contributed by atoms with Gasteiger partial charge >= 0.3 is 0 Å². The highest BCUT2D eigenvalue weighted by atomic mass is 35.5. The summed E-state index contributed by atoms with van der Waals surface area (Å²) in [7, 11) is 0. The molecule has 0 saturated carbocycles. The lowest BCUT2D eigenvalue weighted by Gasteiger charge is -2.08. The minimum absolute atomic E-state index is 0.152. The first-order valence-corrected chi connectivity index (χ1v) is 9.00. The van der Waals surface area contributed by atoms with Crippen molar-refractivity contribution < 1.29 is 14.3 Å². The second kappa shape index (κ2) is 10.0. The van der Waals surface area contributed by atoms with Crippen LogP contribution < -0.4 is 15.5 Å². The smallest absolute Gasteiger partial charge is 0.271 e. The number of nitrogens with zero attached hydrogens (tertiary/aromatic N) is 2. The molecule has 0 spiro atoms. The number of halogens is 1. The molecular formula is C21H17ClN4O3. The predicted molar refractivity (Wildman–Crippen MR) is 111 cm³/mol. The topological polar surface area (TPSA) is 92.7 Å². The summed E-state index contributed by atoms with van der Waals surface area (Å²) in [5, 5.41) is 7.06. The fourth-order valence-corrected chi connectivity index (χ4v) is 2.46. The molecule has 0 aliphatic heterocycles. The number of anilines is 1. The van der Waals surface area contributed by atoms with E-state index in [1.165, 1.54) is 18.6 Å². The van der Waals surface area contributed by atoms with Gasteiger partial charge in [0.2, 0.25) is 0 Å². The number of hydrazone groups is 1. The second-order valence-electron chi connectivity index (χ2n) is 5.82. The molecule has 7 nitrogen and oxygen atoms in total. The van der Waals surface area contributed by atoms with Crippen LogP contribution in [-0.4, -0.2) is 29.6 Å². The fraction of sp³-hybridized carbons (Fsp3) is 0.0476. The number of carbonyl (C=O) groups excluding carboxylic acids is 2. The number of para-hydroxylation sites is 1. The average Bonchev–Trinajstić information content (AvgIpc) is 2.75. The van der Waals surface area contributed by atoms with E-state index >= 15 is 0 Å². The third kappa shape index (κ3) is 6.15. The first-order chi connectivity index (χ1) is 14.1. The Morgan fingerprint density at radius 3 is 2.48 bits per heavy atom. The molecule has 2 aromatic carbocycles. The van der Waals surface area contributed by atoms with Gasteiger partial charge in [-0.25, -0.2) is 5.43 Å². The van der Waals surface area contributed by atoms with Crippen molar-refractivity contribution in [3.63, 3.8) is 0 Å². The van der Waals surface area contributed by atoms with Gasteiger partial charge in [0.1, 0.15) is 5.75 Å². The molecule has 0 atom stereocenters. The summed E-state index contributed by atoms with van der Waals surface area (Å²) in [5.74, 6) is -0.118. The van der Waals surface area contributed by atoms with Gasteiger partial charge in [-0.1, -0.05) is 23.7 Å². The van der Waals surface area contributed by atoms with E-state index in [2.05, 4.69) is 20.8 Å². The van der Waals surface area contributed by atoms with Crippen LogP contribution >= 0.6 is 11.6 Å². The highest BCUT2D eigenvalue weighted by Gasteiger charge is 2.06. The molecule has 146 valence electrons. The van der Waals surface area contributed by atoms with Crippen LogP contribution in [0.25, 0.3) is 0 Å². The van der Waals surface area contributed by atoms with E-state index in [1.54, 1.807) is 60.7 Å². The van der Waals surface area contributed by atoms with Crippen LogP contribution in [0.3, 0.4) is 0 Å². The molecule has 3 aromatic rings. The number of benzene rings is 2. The Bertz CT molecular complexity index is 1010. The van der Waals surface area contributed by atoms with Gasteiger partial charge in [-0.05, 0) is 54.1 Å². The van der Waals surface area contributed by atoms with E-state index in [9.17, 15) is 9.59 Å². The summed E-state index contributed by atoms with van der Waals surface area (Å²) < 4.78 is 5.46. The van der Waals surface area contributed by atoms with Crippen LogP contribution in [0, 0.1) is 0 Å². The summed E-state index contributed by atoms with van der Waals surface area (Å²) in [6.07, 6.45) is 4.57. The number of pyridine rings is 1. The molecule has 0 unspecified atom stereocenters. The lowest BCUT2D eigenvalue weighted by atomic mass is 10.2. The Morgan fingerprint density at radius 2 is 1.76 bits per heavy atom. The SMILES string of the molecule is O=C(COc1ccc(/C=N\NC(=O)c2ccncc2)cc1)Nc1ccccc1Cl. The third-order valence-corrected chi connectivity index (χ3v) is 4.05. The number of nitrogens with one attached hydrogen (secondary N) is 2. The van der Waals surface area contributed by atoms with Gasteiger partial charge in [-0.2, -0.15) is 5.10 Å². The summed E-state index contributed by atoms with van der Waals surface area (Å²) in [4.78, 5) is 27.7. The maximum absolute atomic E-state index is 12.0. The molecule has 29 heavy (non-hydrogen) atoms. The number of hydrogen-bond acceptors (Lipinski definition) is 5. The van der Waals surface area contributed by atoms with E-state index in [1.807, 2.05) is 0 Å². The lowest BCUT2D eigenvalue weighted by molar-refractivity contribution is -0.118. The van der Waals surface area contributed by atoms with Crippen molar-refractivity contribution >= 4 is 35.3 Å². The van der Waals surface area contributed by atoms with Gasteiger partial charge in [0.15, 0.2) is 6.61 Å². The summed E-state index contributed by atoms with van der Waals surface area (Å²) in [6.45, 7) is -0.152. The molecule has 3 rings (SSSR count). The third-order valence-electron chi connectivity index (χ3n) is 3.72. The average molecular weight is 409 g/mol. The Hall–Kier alpha value is -3.71. The second-order valence-corrected chi connectivity index (χ2v) is 6.23. The Labute approximate surface area is 172 Å². The van der Waals surface area contributed by atoms with Crippen LogP contribution in [0.2, 0.25) is 5.02 Å². The molecule has 0 aliphatic rings. The monoisotopic (exact) mass is 408 g/mol. The fourth-order valence-electron chi connectivity index (χ4n) is 2.28. The predicted octanol–water partition coefficient (Wildman–Crippen LogP) is 3.52. The Kier molecular flexibility index (Phi) is 6.91. The number of hydrogen-bond donors (Lipinski definition) is 2. The number of ether oxygens (including phenoxy) is 1. The van der Waals surface area contributed by atoms with Gasteiger partial charge < -0.3 is 10.1 Å². The van der Waals surface area contributed by atoms with E-state index in [0.717, 1.165) is 5.56 Å². The highest BCUT2D eigenvalue weighted by molar-refractivity contribution is 6.33. The molecule has 8 heteroatoms. The van der Waals surface area contributed by atoms with Gasteiger partial charge in [-0.15, -0.1) is 0 Å². The van der Waals surface area contributed by atoms with Crippen molar-refractivity contribution in [1.29, 1.82) is 0 Å². The Morgan fingerprint density at radius 1 is 1.03 bits per heavy atom. The molecule has 1 heterocycles. The minimum atomic E-state index is -0.326. The molecule has 2 amide bonds. The minimum Gasteiger partial charge on any atom is -0.484 e. The summed E-state index contributed by atoms with van der Waals surface area (Å²) in [6, 6.07) is 17.1. The maximum Gasteiger partial charge on any atom is 0.271 e. The zero-order valence-corrected chi connectivity index (χ0v) is 16.0. The van der Waals surface area contributed by atoms with Crippen molar-refractivity contribution in [1.82, 2.24) is 10.4 Å². The molecule has 0 saturated heterocycles. The molecule has 0 bridgehead atoms. The van der Waals surface area contributed by atoms with Gasteiger partial charge in [0.05, 0.1) is 16.9 Å². The maximum atomic E-state index is 12.0. The van der Waals surface area contributed by atoms with E-state index in [-0.39, 0.29) is 18.4 Å².